The monoisotopic (exact) mass is 383 g/mol. The van der Waals surface area contributed by atoms with Crippen molar-refractivity contribution in [2.24, 2.45) is 0 Å². The van der Waals surface area contributed by atoms with Crippen molar-refractivity contribution in [2.45, 2.75) is 32.7 Å². The number of hydrogen-bond donors (Lipinski definition) is 1. The standard InChI is InChI=1S/C21H29N5O2/c1-2-3-4-8-22-20-7-9-23-21(24-20)26-12-10-25(11-13-26)15-17-5-6-18-19(14-17)28-16-27-18/h5-7,9,14H,2-4,8,10-13,15-16H2,1H3,(H,22,23,24). The van der Waals surface area contributed by atoms with Crippen LogP contribution < -0.4 is 19.7 Å². The fraction of sp³-hybridized carbons (Fsp3) is 0.524. The van der Waals surface area contributed by atoms with Crippen LogP contribution in [0.4, 0.5) is 11.8 Å². The van der Waals surface area contributed by atoms with Gasteiger partial charge in [0, 0.05) is 45.5 Å². The fourth-order valence-corrected chi connectivity index (χ4v) is 3.59. The van der Waals surface area contributed by atoms with Crippen LogP contribution >= 0.6 is 0 Å². The highest BCUT2D eigenvalue weighted by Crippen LogP contribution is 2.32. The number of fused-ring (bicyclic) bond motifs is 1. The number of piperazine rings is 1. The summed E-state index contributed by atoms with van der Waals surface area (Å²) in [6.07, 6.45) is 5.50. The van der Waals surface area contributed by atoms with Crippen LogP contribution in [-0.4, -0.2) is 54.4 Å². The summed E-state index contributed by atoms with van der Waals surface area (Å²) in [5, 5.41) is 3.41. The predicted octanol–water partition coefficient (Wildman–Crippen LogP) is 3.13. The summed E-state index contributed by atoms with van der Waals surface area (Å²) in [7, 11) is 0. The van der Waals surface area contributed by atoms with E-state index in [0.717, 1.165) is 62.5 Å². The molecular formula is C21H29N5O2. The van der Waals surface area contributed by atoms with Crippen molar-refractivity contribution in [1.29, 1.82) is 0 Å². The average molecular weight is 383 g/mol. The number of unbranched alkanes of at least 4 members (excludes halogenated alkanes) is 2. The Bertz CT molecular complexity index is 777. The highest BCUT2D eigenvalue weighted by molar-refractivity contribution is 5.44. The Morgan fingerprint density at radius 2 is 1.89 bits per heavy atom. The Balaban J connectivity index is 1.28. The van der Waals surface area contributed by atoms with Crippen LogP contribution in [-0.2, 0) is 6.54 Å². The van der Waals surface area contributed by atoms with Crippen LogP contribution in [0.15, 0.2) is 30.5 Å². The maximum absolute atomic E-state index is 5.48. The minimum absolute atomic E-state index is 0.323. The van der Waals surface area contributed by atoms with E-state index in [2.05, 4.69) is 39.2 Å². The molecule has 2 aromatic rings. The summed E-state index contributed by atoms with van der Waals surface area (Å²) in [6.45, 7) is 8.28. The third-order valence-electron chi connectivity index (χ3n) is 5.23. The zero-order valence-corrected chi connectivity index (χ0v) is 16.6. The highest BCUT2D eigenvalue weighted by atomic mass is 16.7. The number of nitrogens with zero attached hydrogens (tertiary/aromatic N) is 4. The minimum atomic E-state index is 0.323. The second-order valence-electron chi connectivity index (χ2n) is 7.33. The van der Waals surface area contributed by atoms with Crippen LogP contribution in [0.5, 0.6) is 11.5 Å². The molecule has 0 spiro atoms. The summed E-state index contributed by atoms with van der Waals surface area (Å²) >= 11 is 0. The lowest BCUT2D eigenvalue weighted by atomic mass is 10.1. The van der Waals surface area contributed by atoms with Gasteiger partial charge in [0.2, 0.25) is 12.7 Å². The van der Waals surface area contributed by atoms with Crippen molar-refractivity contribution in [3.05, 3.63) is 36.0 Å². The van der Waals surface area contributed by atoms with Gasteiger partial charge in [-0.25, -0.2) is 4.98 Å². The van der Waals surface area contributed by atoms with Crippen molar-refractivity contribution >= 4 is 11.8 Å². The molecule has 1 aromatic carbocycles. The van der Waals surface area contributed by atoms with Gasteiger partial charge >= 0.3 is 0 Å². The van der Waals surface area contributed by atoms with Crippen LogP contribution in [0.3, 0.4) is 0 Å². The van der Waals surface area contributed by atoms with E-state index in [1.165, 1.54) is 24.8 Å². The first-order valence-electron chi connectivity index (χ1n) is 10.2. The molecule has 1 N–H and O–H groups in total. The SMILES string of the molecule is CCCCCNc1ccnc(N2CCN(Cc3ccc4c(c3)OCO4)CC2)n1. The Morgan fingerprint density at radius 1 is 1.04 bits per heavy atom. The van der Waals surface area contributed by atoms with E-state index in [9.17, 15) is 0 Å². The van der Waals surface area contributed by atoms with E-state index >= 15 is 0 Å². The third kappa shape index (κ3) is 4.65. The van der Waals surface area contributed by atoms with E-state index < -0.39 is 0 Å². The Kier molecular flexibility index (Phi) is 6.11. The molecule has 150 valence electrons. The van der Waals surface area contributed by atoms with Crippen molar-refractivity contribution in [1.82, 2.24) is 14.9 Å². The Labute approximate surface area is 166 Å². The van der Waals surface area contributed by atoms with Crippen molar-refractivity contribution in [3.8, 4) is 11.5 Å². The first-order valence-corrected chi connectivity index (χ1v) is 10.2. The van der Waals surface area contributed by atoms with Crippen LogP contribution in [0.25, 0.3) is 0 Å². The van der Waals surface area contributed by atoms with Crippen LogP contribution in [0.1, 0.15) is 31.7 Å². The Hall–Kier alpha value is -2.54. The summed E-state index contributed by atoms with van der Waals surface area (Å²) in [6, 6.07) is 8.16. The molecule has 4 rings (SSSR count). The van der Waals surface area contributed by atoms with Gasteiger partial charge in [-0.15, -0.1) is 0 Å². The third-order valence-corrected chi connectivity index (χ3v) is 5.23. The number of anilines is 2. The lowest BCUT2D eigenvalue weighted by Gasteiger charge is -2.34. The number of nitrogens with one attached hydrogen (secondary N) is 1. The van der Waals surface area contributed by atoms with Gasteiger partial charge in [0.25, 0.3) is 0 Å². The van der Waals surface area contributed by atoms with Gasteiger partial charge in [-0.2, -0.15) is 4.98 Å². The normalized spacial score (nSPS) is 16.4. The van der Waals surface area contributed by atoms with E-state index in [1.54, 1.807) is 0 Å². The fourth-order valence-electron chi connectivity index (χ4n) is 3.59. The minimum Gasteiger partial charge on any atom is -0.454 e. The molecule has 1 aromatic heterocycles. The van der Waals surface area contributed by atoms with Crippen LogP contribution in [0, 0.1) is 0 Å². The molecule has 3 heterocycles. The first kappa shape index (κ1) is 18.8. The molecule has 0 atom stereocenters. The van der Waals surface area contributed by atoms with Crippen molar-refractivity contribution in [2.75, 3.05) is 49.7 Å². The molecule has 2 aliphatic rings. The van der Waals surface area contributed by atoms with Gasteiger partial charge in [0.15, 0.2) is 11.5 Å². The summed E-state index contributed by atoms with van der Waals surface area (Å²) in [5.74, 6) is 3.44. The quantitative estimate of drug-likeness (QED) is 0.703. The summed E-state index contributed by atoms with van der Waals surface area (Å²) < 4.78 is 10.9. The lowest BCUT2D eigenvalue weighted by Crippen LogP contribution is -2.46. The number of hydrogen-bond acceptors (Lipinski definition) is 7. The highest BCUT2D eigenvalue weighted by Gasteiger charge is 2.20. The van der Waals surface area contributed by atoms with Crippen LogP contribution in [0.2, 0.25) is 0 Å². The molecule has 1 saturated heterocycles. The molecule has 0 saturated carbocycles. The maximum atomic E-state index is 5.48. The average Bonchev–Trinajstić information content (AvgIpc) is 3.20. The van der Waals surface area contributed by atoms with Gasteiger partial charge in [-0.3, -0.25) is 4.90 Å². The predicted molar refractivity (Wildman–Crippen MR) is 110 cm³/mol. The van der Waals surface area contributed by atoms with Gasteiger partial charge < -0.3 is 19.7 Å². The molecular weight excluding hydrogens is 354 g/mol. The molecule has 0 unspecified atom stereocenters. The smallest absolute Gasteiger partial charge is 0.231 e. The van der Waals surface area contributed by atoms with Crippen molar-refractivity contribution < 1.29 is 9.47 Å². The zero-order chi connectivity index (χ0) is 19.2. The number of aromatic nitrogens is 2. The number of benzene rings is 1. The van der Waals surface area contributed by atoms with Gasteiger partial charge in [0.1, 0.15) is 5.82 Å². The molecule has 28 heavy (non-hydrogen) atoms. The van der Waals surface area contributed by atoms with E-state index in [1.807, 2.05) is 18.3 Å². The Morgan fingerprint density at radius 3 is 2.75 bits per heavy atom. The van der Waals surface area contributed by atoms with Gasteiger partial charge in [0.05, 0.1) is 0 Å². The number of ether oxygens (including phenoxy) is 2. The van der Waals surface area contributed by atoms with Crippen molar-refractivity contribution in [3.63, 3.8) is 0 Å². The largest absolute Gasteiger partial charge is 0.454 e. The first-order chi connectivity index (χ1) is 13.8. The van der Waals surface area contributed by atoms with E-state index in [4.69, 9.17) is 14.5 Å². The van der Waals surface area contributed by atoms with E-state index in [0.29, 0.717) is 6.79 Å². The molecule has 0 aliphatic carbocycles. The van der Waals surface area contributed by atoms with Gasteiger partial charge in [-0.1, -0.05) is 25.8 Å². The van der Waals surface area contributed by atoms with Gasteiger partial charge in [-0.05, 0) is 30.2 Å². The summed E-state index contributed by atoms with van der Waals surface area (Å²) in [5.41, 5.74) is 1.26. The maximum Gasteiger partial charge on any atom is 0.231 e. The molecule has 0 amide bonds. The second-order valence-corrected chi connectivity index (χ2v) is 7.33. The molecule has 0 radical (unpaired) electrons. The van der Waals surface area contributed by atoms with E-state index in [-0.39, 0.29) is 0 Å². The topological polar surface area (TPSA) is 62.8 Å². The molecule has 7 heteroatoms. The number of rotatable bonds is 8. The molecule has 1 fully saturated rings. The summed E-state index contributed by atoms with van der Waals surface area (Å²) in [4.78, 5) is 13.9. The zero-order valence-electron chi connectivity index (χ0n) is 16.6. The molecule has 2 aliphatic heterocycles. The molecule has 7 nitrogen and oxygen atoms in total. The molecule has 0 bridgehead atoms. The second kappa shape index (κ2) is 9.10. The lowest BCUT2D eigenvalue weighted by molar-refractivity contribution is 0.174.